The van der Waals surface area contributed by atoms with Crippen LogP contribution >= 0.6 is 0 Å². The van der Waals surface area contributed by atoms with E-state index < -0.39 is 12.1 Å². The second-order valence-electron chi connectivity index (χ2n) is 4.02. The number of aliphatic hydroxyl groups is 1. The summed E-state index contributed by atoms with van der Waals surface area (Å²) in [6.45, 7) is 4.12. The maximum atomic E-state index is 11.4. The minimum Gasteiger partial charge on any atom is -0.508 e. The molecule has 0 amide bonds. The van der Waals surface area contributed by atoms with Crippen molar-refractivity contribution in [2.24, 2.45) is 5.92 Å². The van der Waals surface area contributed by atoms with Crippen LogP contribution in [0.25, 0.3) is 0 Å². The van der Waals surface area contributed by atoms with Crippen molar-refractivity contribution >= 4 is 5.97 Å². The number of carbonyl (C=O) groups excluding carboxylic acids is 1. The SMILES string of the molecule is CC(C)COC(=O)[C@@H](O)c1ccc(O)cc1. The maximum Gasteiger partial charge on any atom is 0.339 e. The molecule has 0 saturated heterocycles. The second-order valence-corrected chi connectivity index (χ2v) is 4.02. The highest BCUT2D eigenvalue weighted by Gasteiger charge is 2.19. The number of aliphatic hydroxyl groups excluding tert-OH is 1. The summed E-state index contributed by atoms with van der Waals surface area (Å²) in [6.07, 6.45) is -1.29. The van der Waals surface area contributed by atoms with Gasteiger partial charge in [0.05, 0.1) is 6.61 Å². The van der Waals surface area contributed by atoms with Gasteiger partial charge in [0, 0.05) is 0 Å². The average Bonchev–Trinajstić information content (AvgIpc) is 2.26. The number of carbonyl (C=O) groups is 1. The molecule has 0 bridgehead atoms. The summed E-state index contributed by atoms with van der Waals surface area (Å²) in [7, 11) is 0. The van der Waals surface area contributed by atoms with Crippen molar-refractivity contribution in [3.05, 3.63) is 29.8 Å². The zero-order chi connectivity index (χ0) is 12.1. The Kier molecular flexibility index (Phi) is 4.31. The van der Waals surface area contributed by atoms with Crippen molar-refractivity contribution in [3.63, 3.8) is 0 Å². The third-order valence-electron chi connectivity index (χ3n) is 1.99. The van der Waals surface area contributed by atoms with E-state index in [9.17, 15) is 9.90 Å². The molecule has 0 fully saturated rings. The number of phenolic OH excluding ortho intramolecular Hbond substituents is 1. The Balaban J connectivity index is 2.59. The Hall–Kier alpha value is -1.55. The van der Waals surface area contributed by atoms with E-state index in [1.54, 1.807) is 0 Å². The van der Waals surface area contributed by atoms with Crippen molar-refractivity contribution in [1.82, 2.24) is 0 Å². The van der Waals surface area contributed by atoms with E-state index in [0.29, 0.717) is 5.56 Å². The average molecular weight is 224 g/mol. The van der Waals surface area contributed by atoms with Crippen molar-refractivity contribution in [3.8, 4) is 5.75 Å². The Morgan fingerprint density at radius 3 is 2.38 bits per heavy atom. The van der Waals surface area contributed by atoms with Crippen LogP contribution in [0.15, 0.2) is 24.3 Å². The van der Waals surface area contributed by atoms with Crippen LogP contribution in [-0.4, -0.2) is 22.8 Å². The van der Waals surface area contributed by atoms with Crippen LogP contribution in [-0.2, 0) is 9.53 Å². The zero-order valence-corrected chi connectivity index (χ0v) is 9.38. The van der Waals surface area contributed by atoms with Crippen LogP contribution in [0.4, 0.5) is 0 Å². The first kappa shape index (κ1) is 12.5. The second kappa shape index (κ2) is 5.51. The Labute approximate surface area is 94.5 Å². The highest BCUT2D eigenvalue weighted by Crippen LogP contribution is 2.18. The molecule has 0 saturated carbocycles. The molecule has 16 heavy (non-hydrogen) atoms. The fraction of sp³-hybridized carbons (Fsp3) is 0.417. The van der Waals surface area contributed by atoms with Crippen LogP contribution in [0.1, 0.15) is 25.5 Å². The van der Waals surface area contributed by atoms with E-state index in [4.69, 9.17) is 9.84 Å². The molecule has 0 aliphatic heterocycles. The maximum absolute atomic E-state index is 11.4. The molecule has 1 atom stereocenters. The molecule has 0 aliphatic rings. The highest BCUT2D eigenvalue weighted by molar-refractivity contribution is 5.76. The molecule has 1 aromatic carbocycles. The van der Waals surface area contributed by atoms with Gasteiger partial charge in [-0.1, -0.05) is 26.0 Å². The molecule has 0 aliphatic carbocycles. The molecule has 0 heterocycles. The van der Waals surface area contributed by atoms with E-state index in [0.717, 1.165) is 0 Å². The molecule has 0 unspecified atom stereocenters. The van der Waals surface area contributed by atoms with E-state index in [1.165, 1.54) is 24.3 Å². The van der Waals surface area contributed by atoms with E-state index in [1.807, 2.05) is 13.8 Å². The standard InChI is InChI=1S/C12H16O4/c1-8(2)7-16-12(15)11(14)9-3-5-10(13)6-4-9/h3-6,8,11,13-14H,7H2,1-2H3/t11-/m0/s1. The van der Waals surface area contributed by atoms with Crippen LogP contribution in [0.5, 0.6) is 5.75 Å². The summed E-state index contributed by atoms with van der Waals surface area (Å²) < 4.78 is 4.90. The van der Waals surface area contributed by atoms with E-state index in [2.05, 4.69) is 0 Å². The minimum atomic E-state index is -1.29. The number of benzene rings is 1. The van der Waals surface area contributed by atoms with Gasteiger partial charge in [-0.15, -0.1) is 0 Å². The molecule has 0 aromatic heterocycles. The molecular weight excluding hydrogens is 208 g/mol. The summed E-state index contributed by atoms with van der Waals surface area (Å²) in [4.78, 5) is 11.4. The van der Waals surface area contributed by atoms with Gasteiger partial charge >= 0.3 is 5.97 Å². The summed E-state index contributed by atoms with van der Waals surface area (Å²) in [5.74, 6) is -0.346. The predicted octanol–water partition coefficient (Wildman–Crippen LogP) is 1.62. The molecular formula is C12H16O4. The lowest BCUT2D eigenvalue weighted by atomic mass is 10.1. The number of rotatable bonds is 4. The molecule has 2 N–H and O–H groups in total. The number of aromatic hydroxyl groups is 1. The van der Waals surface area contributed by atoms with Gasteiger partial charge in [-0.05, 0) is 23.6 Å². The Bertz CT molecular complexity index is 343. The monoisotopic (exact) mass is 224 g/mol. The van der Waals surface area contributed by atoms with Gasteiger partial charge in [0.1, 0.15) is 5.75 Å². The fourth-order valence-corrected chi connectivity index (χ4v) is 1.12. The number of hydrogen-bond acceptors (Lipinski definition) is 4. The van der Waals surface area contributed by atoms with Gasteiger partial charge in [0.25, 0.3) is 0 Å². The zero-order valence-electron chi connectivity index (χ0n) is 9.38. The topological polar surface area (TPSA) is 66.8 Å². The third kappa shape index (κ3) is 3.55. The molecule has 4 nitrogen and oxygen atoms in total. The largest absolute Gasteiger partial charge is 0.508 e. The number of phenols is 1. The van der Waals surface area contributed by atoms with E-state index in [-0.39, 0.29) is 18.3 Å². The molecule has 4 heteroatoms. The smallest absolute Gasteiger partial charge is 0.339 e. The summed E-state index contributed by atoms with van der Waals surface area (Å²) in [5, 5.41) is 18.7. The lowest BCUT2D eigenvalue weighted by Crippen LogP contribution is -2.17. The molecule has 1 rings (SSSR count). The first-order valence-corrected chi connectivity index (χ1v) is 5.14. The Morgan fingerprint density at radius 2 is 1.88 bits per heavy atom. The minimum absolute atomic E-state index is 0.0893. The van der Waals surface area contributed by atoms with Gasteiger partial charge in [-0.25, -0.2) is 4.79 Å². The molecule has 88 valence electrons. The number of esters is 1. The van der Waals surface area contributed by atoms with E-state index >= 15 is 0 Å². The third-order valence-corrected chi connectivity index (χ3v) is 1.99. The number of ether oxygens (including phenoxy) is 1. The molecule has 1 aromatic rings. The van der Waals surface area contributed by atoms with Crippen molar-refractivity contribution in [2.45, 2.75) is 20.0 Å². The first-order chi connectivity index (χ1) is 7.50. The van der Waals surface area contributed by atoms with Crippen LogP contribution < -0.4 is 0 Å². The van der Waals surface area contributed by atoms with Crippen molar-refractivity contribution < 1.29 is 19.7 Å². The van der Waals surface area contributed by atoms with Gasteiger partial charge in [0.2, 0.25) is 0 Å². The summed E-state index contributed by atoms with van der Waals surface area (Å²) in [5.41, 5.74) is 0.409. The fourth-order valence-electron chi connectivity index (χ4n) is 1.12. The summed E-state index contributed by atoms with van der Waals surface area (Å²) in [6, 6.07) is 5.79. The van der Waals surface area contributed by atoms with Crippen LogP contribution in [0.2, 0.25) is 0 Å². The highest BCUT2D eigenvalue weighted by atomic mass is 16.5. The quantitative estimate of drug-likeness (QED) is 0.763. The first-order valence-electron chi connectivity index (χ1n) is 5.14. The van der Waals surface area contributed by atoms with Gasteiger partial charge in [0.15, 0.2) is 6.10 Å². The predicted molar refractivity (Wildman–Crippen MR) is 58.9 cm³/mol. The van der Waals surface area contributed by atoms with Gasteiger partial charge in [-0.3, -0.25) is 0 Å². The Morgan fingerprint density at radius 1 is 1.31 bits per heavy atom. The number of hydrogen-bond donors (Lipinski definition) is 2. The van der Waals surface area contributed by atoms with Crippen molar-refractivity contribution in [2.75, 3.05) is 6.61 Å². The van der Waals surface area contributed by atoms with Gasteiger partial charge < -0.3 is 14.9 Å². The van der Waals surface area contributed by atoms with Gasteiger partial charge in [-0.2, -0.15) is 0 Å². The molecule has 0 radical (unpaired) electrons. The molecule has 0 spiro atoms. The normalized spacial score (nSPS) is 12.5. The van der Waals surface area contributed by atoms with Crippen LogP contribution in [0, 0.1) is 5.92 Å². The lowest BCUT2D eigenvalue weighted by Gasteiger charge is -2.12. The lowest BCUT2D eigenvalue weighted by molar-refractivity contribution is -0.155. The summed E-state index contributed by atoms with van der Waals surface area (Å²) >= 11 is 0. The van der Waals surface area contributed by atoms with Crippen LogP contribution in [0.3, 0.4) is 0 Å². The van der Waals surface area contributed by atoms with Crippen molar-refractivity contribution in [1.29, 1.82) is 0 Å².